The van der Waals surface area contributed by atoms with Crippen LogP contribution in [0.4, 0.5) is 17.1 Å². The first-order chi connectivity index (χ1) is 17.7. The predicted octanol–water partition coefficient (Wildman–Crippen LogP) is 5.52. The van der Waals surface area contributed by atoms with Gasteiger partial charge in [0.05, 0.1) is 25.6 Å². The van der Waals surface area contributed by atoms with Crippen LogP contribution in [0.3, 0.4) is 0 Å². The average molecular weight is 520 g/mol. The molecule has 9 heteroatoms. The zero-order valence-corrected chi connectivity index (χ0v) is 21.6. The minimum atomic E-state index is -0.602. The van der Waals surface area contributed by atoms with Crippen LogP contribution in [0, 0.1) is 0 Å². The summed E-state index contributed by atoms with van der Waals surface area (Å²) in [5, 5.41) is 5.51. The van der Waals surface area contributed by atoms with E-state index in [4.69, 9.17) is 21.1 Å². The van der Waals surface area contributed by atoms with Crippen molar-refractivity contribution in [1.29, 1.82) is 0 Å². The first kappa shape index (κ1) is 25.8. The molecule has 4 rings (SSSR count). The number of hydrogen-bond donors (Lipinski definition) is 2. The number of rotatable bonds is 8. The van der Waals surface area contributed by atoms with E-state index in [9.17, 15) is 14.4 Å². The van der Waals surface area contributed by atoms with E-state index < -0.39 is 11.8 Å². The van der Waals surface area contributed by atoms with Crippen LogP contribution in [0.15, 0.2) is 77.5 Å². The fourth-order valence-electron chi connectivity index (χ4n) is 3.81. The lowest BCUT2D eigenvalue weighted by Crippen LogP contribution is -2.32. The van der Waals surface area contributed by atoms with Gasteiger partial charge in [-0.3, -0.25) is 14.4 Å². The molecule has 1 aliphatic rings. The van der Waals surface area contributed by atoms with Gasteiger partial charge in [0.15, 0.2) is 0 Å². The molecule has 0 atom stereocenters. The number of benzene rings is 3. The van der Waals surface area contributed by atoms with Crippen molar-refractivity contribution in [3.05, 3.63) is 88.6 Å². The summed E-state index contributed by atoms with van der Waals surface area (Å²) >= 11 is 6.24. The quantitative estimate of drug-likeness (QED) is 0.381. The van der Waals surface area contributed by atoms with Crippen LogP contribution >= 0.6 is 11.6 Å². The minimum Gasteiger partial charge on any atom is -0.497 e. The molecule has 0 spiro atoms. The summed E-state index contributed by atoms with van der Waals surface area (Å²) in [6, 6.07) is 18.7. The van der Waals surface area contributed by atoms with Gasteiger partial charge in [-0.25, -0.2) is 4.90 Å². The maximum Gasteiger partial charge on any atom is 0.283 e. The summed E-state index contributed by atoms with van der Waals surface area (Å²) in [4.78, 5) is 39.6. The van der Waals surface area contributed by atoms with Gasteiger partial charge < -0.3 is 20.1 Å². The Morgan fingerprint density at radius 3 is 2.16 bits per heavy atom. The molecule has 3 aromatic rings. The number of imide groups is 1. The lowest BCUT2D eigenvalue weighted by Gasteiger charge is -2.16. The Morgan fingerprint density at radius 2 is 1.57 bits per heavy atom. The summed E-state index contributed by atoms with van der Waals surface area (Å²) in [5.41, 5.74) is 2.82. The Kier molecular flexibility index (Phi) is 7.50. The summed E-state index contributed by atoms with van der Waals surface area (Å²) in [6.45, 7) is 4.12. The molecule has 3 aromatic carbocycles. The molecule has 0 aliphatic carbocycles. The Morgan fingerprint density at radius 1 is 0.892 bits per heavy atom. The lowest BCUT2D eigenvalue weighted by molar-refractivity contribution is -0.120. The van der Waals surface area contributed by atoms with Crippen molar-refractivity contribution in [2.75, 3.05) is 29.8 Å². The number of carbonyl (C=O) groups excluding carboxylic acids is 3. The second-order valence-electron chi connectivity index (χ2n) is 8.60. The van der Waals surface area contributed by atoms with Crippen LogP contribution in [0.5, 0.6) is 11.5 Å². The lowest BCUT2D eigenvalue weighted by atomic mass is 10.0. The van der Waals surface area contributed by atoms with E-state index >= 15 is 0 Å². The largest absolute Gasteiger partial charge is 0.497 e. The van der Waals surface area contributed by atoms with Gasteiger partial charge in [0.1, 0.15) is 22.2 Å². The highest BCUT2D eigenvalue weighted by Crippen LogP contribution is 2.32. The average Bonchev–Trinajstić information content (AvgIpc) is 3.11. The molecular weight excluding hydrogens is 494 g/mol. The number of nitrogens with one attached hydrogen (secondary N) is 2. The monoisotopic (exact) mass is 519 g/mol. The number of amides is 3. The minimum absolute atomic E-state index is 0.0297. The molecule has 1 aliphatic heterocycles. The molecule has 3 amide bonds. The van der Waals surface area contributed by atoms with Gasteiger partial charge in [-0.2, -0.15) is 0 Å². The predicted molar refractivity (Wildman–Crippen MR) is 143 cm³/mol. The normalized spacial score (nSPS) is 13.3. The number of carbonyl (C=O) groups is 3. The van der Waals surface area contributed by atoms with Crippen molar-refractivity contribution in [3.63, 3.8) is 0 Å². The number of halogens is 1. The Bertz CT molecular complexity index is 1380. The Balaban J connectivity index is 1.48. The van der Waals surface area contributed by atoms with Crippen molar-refractivity contribution in [2.45, 2.75) is 19.8 Å². The van der Waals surface area contributed by atoms with Gasteiger partial charge in [0.25, 0.3) is 17.7 Å². The Labute approximate surface area is 219 Å². The van der Waals surface area contributed by atoms with Crippen molar-refractivity contribution in [1.82, 2.24) is 0 Å². The molecule has 0 fully saturated rings. The number of hydrogen-bond acceptors (Lipinski definition) is 6. The second-order valence-corrected chi connectivity index (χ2v) is 8.98. The molecule has 1 heterocycles. The molecule has 0 saturated carbocycles. The zero-order valence-electron chi connectivity index (χ0n) is 20.8. The van der Waals surface area contributed by atoms with Crippen LogP contribution in [-0.2, 0) is 9.59 Å². The van der Waals surface area contributed by atoms with Gasteiger partial charge >= 0.3 is 0 Å². The SMILES string of the molecule is COc1ccc(OC)c(NC(=O)c2ccc(NC3=C(Cl)C(=O)N(c4ccc(C(C)C)cc4)C3=O)cc2)c1. The third-order valence-electron chi connectivity index (χ3n) is 5.92. The van der Waals surface area contributed by atoms with E-state index in [0.717, 1.165) is 10.5 Å². The van der Waals surface area contributed by atoms with Crippen molar-refractivity contribution in [3.8, 4) is 11.5 Å². The molecule has 8 nitrogen and oxygen atoms in total. The highest BCUT2D eigenvalue weighted by molar-refractivity contribution is 6.53. The van der Waals surface area contributed by atoms with Crippen LogP contribution < -0.4 is 25.0 Å². The number of nitrogens with zero attached hydrogens (tertiary/aromatic N) is 1. The highest BCUT2D eigenvalue weighted by atomic mass is 35.5. The first-order valence-corrected chi connectivity index (χ1v) is 11.9. The van der Waals surface area contributed by atoms with Gasteiger partial charge in [0, 0.05) is 17.3 Å². The molecule has 0 radical (unpaired) electrons. The molecule has 37 heavy (non-hydrogen) atoms. The Hall–Kier alpha value is -4.30. The van der Waals surface area contributed by atoms with Gasteiger partial charge in [0.2, 0.25) is 0 Å². The van der Waals surface area contributed by atoms with E-state index in [1.807, 2.05) is 12.1 Å². The fourth-order valence-corrected chi connectivity index (χ4v) is 4.02. The molecule has 0 bridgehead atoms. The van der Waals surface area contributed by atoms with Gasteiger partial charge in [-0.1, -0.05) is 37.6 Å². The third kappa shape index (κ3) is 5.29. The molecule has 190 valence electrons. The summed E-state index contributed by atoms with van der Waals surface area (Å²) in [6.07, 6.45) is 0. The van der Waals surface area contributed by atoms with E-state index in [1.165, 1.54) is 14.2 Å². The number of ether oxygens (including phenoxy) is 2. The maximum atomic E-state index is 13.1. The standard InChI is InChI=1S/C28H26ClN3O5/c1-16(2)17-7-11-20(12-8-17)32-27(34)24(29)25(28(32)35)30-19-9-5-18(6-10-19)26(33)31-22-15-21(36-3)13-14-23(22)37-4/h5-16,30H,1-4H3,(H,31,33). The second kappa shape index (κ2) is 10.8. The fraction of sp³-hybridized carbons (Fsp3) is 0.179. The van der Waals surface area contributed by atoms with E-state index in [0.29, 0.717) is 40.0 Å². The van der Waals surface area contributed by atoms with Crippen LogP contribution in [0.25, 0.3) is 0 Å². The smallest absolute Gasteiger partial charge is 0.283 e. The van der Waals surface area contributed by atoms with Crippen molar-refractivity contribution >= 4 is 46.4 Å². The summed E-state index contributed by atoms with van der Waals surface area (Å²) in [5.74, 6) is -0.142. The highest BCUT2D eigenvalue weighted by Gasteiger charge is 2.39. The van der Waals surface area contributed by atoms with Crippen LogP contribution in [0.1, 0.15) is 35.7 Å². The summed E-state index contributed by atoms with van der Waals surface area (Å²) < 4.78 is 10.5. The van der Waals surface area contributed by atoms with Crippen molar-refractivity contribution in [2.24, 2.45) is 0 Å². The molecule has 2 N–H and O–H groups in total. The van der Waals surface area contributed by atoms with Crippen LogP contribution in [0.2, 0.25) is 0 Å². The summed E-state index contributed by atoms with van der Waals surface area (Å²) in [7, 11) is 3.04. The topological polar surface area (TPSA) is 97.0 Å². The molecule has 0 saturated heterocycles. The molecular formula is C28H26ClN3O5. The maximum absolute atomic E-state index is 13.1. The van der Waals surface area contributed by atoms with Crippen LogP contribution in [-0.4, -0.2) is 31.9 Å². The van der Waals surface area contributed by atoms with Gasteiger partial charge in [-0.05, 0) is 60.0 Å². The third-order valence-corrected chi connectivity index (χ3v) is 6.27. The zero-order chi connectivity index (χ0) is 26.7. The molecule has 0 aromatic heterocycles. The van der Waals surface area contributed by atoms with E-state index in [1.54, 1.807) is 54.6 Å². The van der Waals surface area contributed by atoms with Crippen molar-refractivity contribution < 1.29 is 23.9 Å². The molecule has 0 unspecified atom stereocenters. The number of anilines is 3. The van der Waals surface area contributed by atoms with E-state index in [-0.39, 0.29) is 16.6 Å². The first-order valence-electron chi connectivity index (χ1n) is 11.5. The van der Waals surface area contributed by atoms with Gasteiger partial charge in [-0.15, -0.1) is 0 Å². The number of methoxy groups -OCH3 is 2. The van der Waals surface area contributed by atoms with E-state index in [2.05, 4.69) is 24.5 Å².